The topological polar surface area (TPSA) is 34.7 Å². The summed E-state index contributed by atoms with van der Waals surface area (Å²) >= 11 is 0. The van der Waals surface area contributed by atoms with Gasteiger partial charge in [0.25, 0.3) is 0 Å². The smallest absolute Gasteiger partial charge is 0.00187 e. The molecule has 124 valence electrons. The fourth-order valence-corrected chi connectivity index (χ4v) is 2.79. The molecular formula is C18H41NO. The van der Waals surface area contributed by atoms with E-state index in [4.69, 9.17) is 0 Å². The Morgan fingerprint density at radius 3 is 1.25 bits per heavy atom. The van der Waals surface area contributed by atoms with E-state index in [9.17, 15) is 0 Å². The van der Waals surface area contributed by atoms with Crippen LogP contribution in [0.25, 0.3) is 0 Å². The van der Waals surface area contributed by atoms with Crippen LogP contribution in [0.1, 0.15) is 97.8 Å². The van der Waals surface area contributed by atoms with Gasteiger partial charge in [-0.15, -0.1) is 0 Å². The molecule has 0 saturated carbocycles. The van der Waals surface area contributed by atoms with Crippen LogP contribution in [0.2, 0.25) is 0 Å². The third-order valence-electron chi connectivity index (χ3n) is 3.91. The maximum Gasteiger partial charge on any atom is -0.00187 e. The van der Waals surface area contributed by atoms with E-state index in [0.717, 1.165) is 0 Å². The highest BCUT2D eigenvalue weighted by Crippen LogP contribution is 2.10. The van der Waals surface area contributed by atoms with Crippen molar-refractivity contribution in [3.05, 3.63) is 0 Å². The predicted molar refractivity (Wildman–Crippen MR) is 92.5 cm³/mol. The van der Waals surface area contributed by atoms with Gasteiger partial charge in [-0.3, -0.25) is 0 Å². The van der Waals surface area contributed by atoms with Crippen molar-refractivity contribution in [2.45, 2.75) is 97.8 Å². The van der Waals surface area contributed by atoms with Crippen LogP contribution in [0.15, 0.2) is 0 Å². The first-order chi connectivity index (χ1) is 9.35. The minimum Gasteiger partial charge on any atom is -0.412 e. The summed E-state index contributed by atoms with van der Waals surface area (Å²) in [5.41, 5.74) is 0. The van der Waals surface area contributed by atoms with Crippen LogP contribution >= 0.6 is 0 Å². The summed E-state index contributed by atoms with van der Waals surface area (Å²) in [6.07, 6.45) is 17.1. The fraction of sp³-hybridized carbons (Fsp3) is 1.00. The van der Waals surface area contributed by atoms with Crippen LogP contribution in [-0.4, -0.2) is 30.0 Å². The molecule has 0 rings (SSSR count). The highest BCUT2D eigenvalue weighted by atomic mass is 16.0. The van der Waals surface area contributed by atoms with E-state index >= 15 is 0 Å². The molecule has 0 heterocycles. The third kappa shape index (κ3) is 16.0. The normalized spacial score (nSPS) is 10.8. The van der Waals surface area contributed by atoms with Crippen molar-refractivity contribution >= 4 is 0 Å². The lowest BCUT2D eigenvalue weighted by atomic mass is 10.1. The number of hydrogen-bond acceptors (Lipinski definition) is 1. The monoisotopic (exact) mass is 287 g/mol. The Balaban J connectivity index is 0. The zero-order valence-corrected chi connectivity index (χ0v) is 14.6. The van der Waals surface area contributed by atoms with E-state index in [1.165, 1.54) is 96.7 Å². The average molecular weight is 288 g/mol. The molecule has 20 heavy (non-hydrogen) atoms. The Morgan fingerprint density at radius 2 is 0.850 bits per heavy atom. The van der Waals surface area contributed by atoms with E-state index in [1.807, 2.05) is 0 Å². The van der Waals surface area contributed by atoms with Gasteiger partial charge in [-0.1, -0.05) is 78.6 Å². The number of nitrogens with zero attached hydrogens (tertiary/aromatic N) is 1. The van der Waals surface area contributed by atoms with Gasteiger partial charge in [-0.2, -0.15) is 0 Å². The number of unbranched alkanes of at least 4 members (excludes halogenated alkanes) is 9. The molecule has 0 amide bonds. The van der Waals surface area contributed by atoms with Crippen LogP contribution in [0.4, 0.5) is 0 Å². The molecule has 0 aliphatic carbocycles. The molecule has 0 aliphatic heterocycles. The summed E-state index contributed by atoms with van der Waals surface area (Å²) in [4.78, 5) is 2.64. The first-order valence-corrected chi connectivity index (χ1v) is 9.07. The summed E-state index contributed by atoms with van der Waals surface area (Å²) in [6.45, 7) is 10.8. The van der Waals surface area contributed by atoms with Crippen molar-refractivity contribution in [2.24, 2.45) is 0 Å². The van der Waals surface area contributed by atoms with E-state index in [1.54, 1.807) is 0 Å². The standard InChI is InChI=1S/C18H39N.H2O/c1-4-7-8-9-10-11-12-13-14-15-18-19(16-5-2)17-6-3;/h4-18H2,1-3H3;1H2. The maximum atomic E-state index is 2.64. The van der Waals surface area contributed by atoms with Gasteiger partial charge in [0.15, 0.2) is 0 Å². The number of hydrogen-bond donors (Lipinski definition) is 0. The van der Waals surface area contributed by atoms with Gasteiger partial charge in [-0.25, -0.2) is 0 Å². The van der Waals surface area contributed by atoms with Crippen LogP contribution in [-0.2, 0) is 0 Å². The predicted octanol–water partition coefficient (Wildman–Crippen LogP) is 5.20. The average Bonchev–Trinajstić information content (AvgIpc) is 2.41. The first kappa shape index (κ1) is 22.2. The van der Waals surface area contributed by atoms with E-state index in [2.05, 4.69) is 25.7 Å². The van der Waals surface area contributed by atoms with Gasteiger partial charge >= 0.3 is 0 Å². The lowest BCUT2D eigenvalue weighted by Crippen LogP contribution is -2.26. The summed E-state index contributed by atoms with van der Waals surface area (Å²) in [7, 11) is 0. The van der Waals surface area contributed by atoms with Crippen molar-refractivity contribution in [3.63, 3.8) is 0 Å². The van der Waals surface area contributed by atoms with Crippen LogP contribution in [0.5, 0.6) is 0 Å². The van der Waals surface area contributed by atoms with Gasteiger partial charge in [0, 0.05) is 0 Å². The molecular weight excluding hydrogens is 246 g/mol. The summed E-state index contributed by atoms with van der Waals surface area (Å²) in [5, 5.41) is 0. The molecule has 0 bridgehead atoms. The molecule has 0 unspecified atom stereocenters. The first-order valence-electron chi connectivity index (χ1n) is 9.07. The molecule has 2 heteroatoms. The molecule has 0 aliphatic rings. The summed E-state index contributed by atoms with van der Waals surface area (Å²) < 4.78 is 0. The Morgan fingerprint density at radius 1 is 0.450 bits per heavy atom. The zero-order valence-electron chi connectivity index (χ0n) is 14.6. The molecule has 2 nitrogen and oxygen atoms in total. The maximum absolute atomic E-state index is 2.64. The second-order valence-corrected chi connectivity index (χ2v) is 6.02. The molecule has 0 atom stereocenters. The van der Waals surface area contributed by atoms with Crippen molar-refractivity contribution in [1.29, 1.82) is 0 Å². The molecule has 0 radical (unpaired) electrons. The highest BCUT2D eigenvalue weighted by Gasteiger charge is 2.01. The minimum absolute atomic E-state index is 0. The van der Waals surface area contributed by atoms with Gasteiger partial charge in [0.05, 0.1) is 0 Å². The van der Waals surface area contributed by atoms with Crippen molar-refractivity contribution in [2.75, 3.05) is 19.6 Å². The van der Waals surface area contributed by atoms with Crippen molar-refractivity contribution in [1.82, 2.24) is 4.90 Å². The van der Waals surface area contributed by atoms with E-state index in [0.29, 0.717) is 0 Å². The Hall–Kier alpha value is -0.0800. The molecule has 0 aromatic carbocycles. The largest absolute Gasteiger partial charge is 0.412 e. The Bertz CT molecular complexity index is 155. The molecule has 0 fully saturated rings. The Kier molecular flexibility index (Phi) is 21.0. The lowest BCUT2D eigenvalue weighted by molar-refractivity contribution is 0.267. The van der Waals surface area contributed by atoms with Crippen LogP contribution in [0.3, 0.4) is 0 Å². The minimum atomic E-state index is 0. The Labute approximate surface area is 128 Å². The summed E-state index contributed by atoms with van der Waals surface area (Å²) in [6, 6.07) is 0. The molecule has 0 aromatic heterocycles. The van der Waals surface area contributed by atoms with Gasteiger partial charge in [0.2, 0.25) is 0 Å². The third-order valence-corrected chi connectivity index (χ3v) is 3.91. The van der Waals surface area contributed by atoms with E-state index < -0.39 is 0 Å². The fourth-order valence-electron chi connectivity index (χ4n) is 2.79. The molecule has 0 saturated heterocycles. The van der Waals surface area contributed by atoms with Crippen molar-refractivity contribution < 1.29 is 5.48 Å². The van der Waals surface area contributed by atoms with Crippen LogP contribution in [0, 0.1) is 0 Å². The SMILES string of the molecule is CCCCCCCCCCCCN(CCC)CCC.O. The quantitative estimate of drug-likeness (QED) is 0.381. The highest BCUT2D eigenvalue weighted by molar-refractivity contribution is 4.56. The summed E-state index contributed by atoms with van der Waals surface area (Å²) in [5.74, 6) is 0. The van der Waals surface area contributed by atoms with Gasteiger partial charge in [0.1, 0.15) is 0 Å². The lowest BCUT2D eigenvalue weighted by Gasteiger charge is -2.20. The van der Waals surface area contributed by atoms with Gasteiger partial charge in [-0.05, 0) is 38.9 Å². The molecule has 0 aromatic rings. The molecule has 2 N–H and O–H groups in total. The second-order valence-electron chi connectivity index (χ2n) is 6.02. The van der Waals surface area contributed by atoms with Crippen LogP contribution < -0.4 is 0 Å². The molecule has 0 spiro atoms. The number of rotatable bonds is 15. The van der Waals surface area contributed by atoms with Gasteiger partial charge < -0.3 is 10.4 Å². The zero-order chi connectivity index (χ0) is 14.2. The van der Waals surface area contributed by atoms with Crippen molar-refractivity contribution in [3.8, 4) is 0 Å². The van der Waals surface area contributed by atoms with E-state index in [-0.39, 0.29) is 5.48 Å². The second kappa shape index (κ2) is 18.9.